The number of hydrogen-bond donors (Lipinski definition) is 2. The highest BCUT2D eigenvalue weighted by atomic mass is 19.4. The van der Waals surface area contributed by atoms with Crippen molar-refractivity contribution in [3.05, 3.63) is 65.7 Å². The van der Waals surface area contributed by atoms with Crippen molar-refractivity contribution >= 4 is 24.4 Å². The van der Waals surface area contributed by atoms with Crippen LogP contribution >= 0.6 is 0 Å². The van der Waals surface area contributed by atoms with Gasteiger partial charge in [-0.15, -0.1) is 5.10 Å². The van der Waals surface area contributed by atoms with Gasteiger partial charge in [0.05, 0.1) is 41.4 Å². The van der Waals surface area contributed by atoms with E-state index in [1.807, 2.05) is 52.0 Å². The molecule has 3 fully saturated rings. The predicted molar refractivity (Wildman–Crippen MR) is 199 cm³/mol. The summed E-state index contributed by atoms with van der Waals surface area (Å²) in [5.74, 6) is -1.12. The second-order valence-corrected chi connectivity index (χ2v) is 16.8. The highest BCUT2D eigenvalue weighted by Gasteiger charge is 2.52. The molecular formula is C38H49BF3N9O5. The molecule has 4 aromatic rings. The normalized spacial score (nSPS) is 22.5. The van der Waals surface area contributed by atoms with Gasteiger partial charge in [-0.2, -0.15) is 33.3 Å². The second kappa shape index (κ2) is 14.8. The maximum Gasteiger partial charge on any atom is 0.494 e. The number of nitrogens with one attached hydrogen (secondary N) is 2. The van der Waals surface area contributed by atoms with Crippen LogP contribution in [0.2, 0.25) is 0 Å². The summed E-state index contributed by atoms with van der Waals surface area (Å²) in [6, 6.07) is 7.83. The molecule has 300 valence electrons. The maximum absolute atomic E-state index is 14.0. The molecule has 1 aromatic carbocycles. The molecule has 1 unspecified atom stereocenters. The minimum absolute atomic E-state index is 0.0235. The number of hydrogen-bond acceptors (Lipinski definition) is 9. The Labute approximate surface area is 324 Å². The number of aryl methyl sites for hydroxylation is 1. The van der Waals surface area contributed by atoms with E-state index in [1.54, 1.807) is 38.0 Å². The van der Waals surface area contributed by atoms with E-state index >= 15 is 0 Å². The summed E-state index contributed by atoms with van der Waals surface area (Å²) < 4.78 is 62.7. The third kappa shape index (κ3) is 8.56. The number of rotatable bonds is 12. The summed E-state index contributed by atoms with van der Waals surface area (Å²) in [5.41, 5.74) is -0.251. The lowest BCUT2D eigenvalue weighted by atomic mass is 9.78. The van der Waals surface area contributed by atoms with Gasteiger partial charge in [0.25, 0.3) is 0 Å². The lowest BCUT2D eigenvalue weighted by Crippen LogP contribution is -2.55. The molecule has 3 aliphatic rings. The number of halogens is 3. The van der Waals surface area contributed by atoms with Gasteiger partial charge in [-0.05, 0) is 95.8 Å². The number of carbonyl (C=O) groups excluding carboxylic acids is 2. The van der Waals surface area contributed by atoms with Crippen molar-refractivity contribution in [2.24, 2.45) is 13.0 Å². The standard InChI is InChI=1S/C38H49BF3N9O5/c1-35(2,22-50-30(18-31(48-50)38(40,41)42)29-20-44-51(47-29)32-10-8-9-15-54-32)46-34(53)28(16-23-19-43-49(7)21-23)45-33(52)27-17-26(27)24-11-13-25(14-12-24)39-55-36(3,4)37(5,6)56-39/h11-14,18-21,26-28,32H,8-10,15-17,22H2,1-7H3,(H,45,52)(H,46,53)/t26-,27+,28-,32?/m1/s1. The molecule has 0 spiro atoms. The lowest BCUT2D eigenvalue weighted by molar-refractivity contribution is -0.141. The van der Waals surface area contributed by atoms with Gasteiger partial charge in [-0.1, -0.05) is 24.3 Å². The maximum atomic E-state index is 14.0. The number of nitrogens with zero attached hydrogens (tertiary/aromatic N) is 7. The third-order valence-electron chi connectivity index (χ3n) is 11.1. The van der Waals surface area contributed by atoms with Crippen molar-refractivity contribution in [3.63, 3.8) is 0 Å². The van der Waals surface area contributed by atoms with E-state index in [1.165, 1.54) is 15.7 Å². The number of amides is 2. The fraction of sp³-hybridized carbons (Fsp3) is 0.579. The van der Waals surface area contributed by atoms with E-state index in [2.05, 4.69) is 31.0 Å². The average Bonchev–Trinajstić information content (AvgIpc) is 3.38. The molecule has 2 aliphatic heterocycles. The van der Waals surface area contributed by atoms with Gasteiger partial charge in [-0.3, -0.25) is 19.0 Å². The third-order valence-corrected chi connectivity index (χ3v) is 11.1. The van der Waals surface area contributed by atoms with Gasteiger partial charge in [0.15, 0.2) is 11.9 Å². The van der Waals surface area contributed by atoms with Crippen LogP contribution in [-0.4, -0.2) is 82.9 Å². The first-order valence-electron chi connectivity index (χ1n) is 19.0. The van der Waals surface area contributed by atoms with E-state index in [-0.39, 0.29) is 42.1 Å². The summed E-state index contributed by atoms with van der Waals surface area (Å²) in [7, 11) is 1.26. The van der Waals surface area contributed by atoms with Gasteiger partial charge in [0, 0.05) is 32.2 Å². The molecular weight excluding hydrogens is 730 g/mol. The number of alkyl halides is 3. The molecule has 4 atom stereocenters. The summed E-state index contributed by atoms with van der Waals surface area (Å²) in [4.78, 5) is 29.1. The van der Waals surface area contributed by atoms with Crippen LogP contribution in [0.25, 0.3) is 11.4 Å². The Kier molecular flexibility index (Phi) is 10.5. The quantitative estimate of drug-likeness (QED) is 0.201. The first-order chi connectivity index (χ1) is 26.3. The number of aromatic nitrogens is 7. The van der Waals surface area contributed by atoms with Crippen LogP contribution in [0.15, 0.2) is 48.9 Å². The molecule has 14 nitrogen and oxygen atoms in total. The average molecular weight is 780 g/mol. The van der Waals surface area contributed by atoms with Crippen molar-refractivity contribution in [2.75, 3.05) is 6.61 Å². The minimum atomic E-state index is -4.72. The molecule has 18 heteroatoms. The van der Waals surface area contributed by atoms with E-state index < -0.39 is 53.9 Å². The molecule has 5 heterocycles. The van der Waals surface area contributed by atoms with Crippen LogP contribution in [0.5, 0.6) is 0 Å². The van der Waals surface area contributed by atoms with Crippen molar-refractivity contribution in [3.8, 4) is 11.4 Å². The van der Waals surface area contributed by atoms with Crippen LogP contribution < -0.4 is 16.1 Å². The van der Waals surface area contributed by atoms with Crippen molar-refractivity contribution in [2.45, 2.75) is 121 Å². The molecule has 3 aromatic heterocycles. The molecule has 2 amide bonds. The van der Waals surface area contributed by atoms with Crippen molar-refractivity contribution in [1.29, 1.82) is 0 Å². The zero-order valence-corrected chi connectivity index (χ0v) is 32.8. The van der Waals surface area contributed by atoms with Crippen molar-refractivity contribution < 1.29 is 36.8 Å². The minimum Gasteiger partial charge on any atom is -0.399 e. The van der Waals surface area contributed by atoms with Crippen LogP contribution in [0, 0.1) is 5.92 Å². The first kappa shape index (κ1) is 39.7. The SMILES string of the molecule is Cn1cc(C[C@@H](NC(=O)[C@H]2C[C@@H]2c2ccc(B3OC(C)(C)C(C)(C)O3)cc2)C(=O)NC(C)(C)Cn2nc(C(F)(F)F)cc2-c2cnn(C3CCCCO3)n2)cn1. The van der Waals surface area contributed by atoms with Gasteiger partial charge in [0.1, 0.15) is 11.7 Å². The summed E-state index contributed by atoms with van der Waals surface area (Å²) in [6.07, 6.45) is 2.95. The highest BCUT2D eigenvalue weighted by molar-refractivity contribution is 6.62. The summed E-state index contributed by atoms with van der Waals surface area (Å²) >= 11 is 0. The van der Waals surface area contributed by atoms with E-state index in [0.29, 0.717) is 19.4 Å². The molecule has 7 rings (SSSR count). The van der Waals surface area contributed by atoms with Gasteiger partial charge in [-0.25, -0.2) is 0 Å². The molecule has 1 saturated carbocycles. The topological polar surface area (TPSA) is 152 Å². The van der Waals surface area contributed by atoms with E-state index in [4.69, 9.17) is 14.0 Å². The van der Waals surface area contributed by atoms with Crippen LogP contribution in [0.3, 0.4) is 0 Å². The van der Waals surface area contributed by atoms with Gasteiger partial charge in [0.2, 0.25) is 11.8 Å². The van der Waals surface area contributed by atoms with Crippen LogP contribution in [0.1, 0.15) is 96.2 Å². The predicted octanol–water partition coefficient (Wildman–Crippen LogP) is 4.32. The number of carbonyl (C=O) groups is 2. The number of ether oxygens (including phenoxy) is 1. The van der Waals surface area contributed by atoms with E-state index in [9.17, 15) is 22.8 Å². The Bertz CT molecular complexity index is 2040. The van der Waals surface area contributed by atoms with Gasteiger partial charge < -0.3 is 24.7 Å². The molecule has 56 heavy (non-hydrogen) atoms. The highest BCUT2D eigenvalue weighted by Crippen LogP contribution is 2.47. The fourth-order valence-corrected chi connectivity index (χ4v) is 7.19. The number of benzene rings is 1. The largest absolute Gasteiger partial charge is 0.494 e. The Morgan fingerprint density at radius 2 is 1.73 bits per heavy atom. The Morgan fingerprint density at radius 1 is 1.02 bits per heavy atom. The molecule has 0 radical (unpaired) electrons. The second-order valence-electron chi connectivity index (χ2n) is 16.8. The Hall–Kier alpha value is -4.55. The lowest BCUT2D eigenvalue weighted by Gasteiger charge is -2.32. The molecule has 2 N–H and O–H groups in total. The Morgan fingerprint density at radius 3 is 2.36 bits per heavy atom. The molecule has 0 bridgehead atoms. The van der Waals surface area contributed by atoms with E-state index in [0.717, 1.165) is 35.5 Å². The summed E-state index contributed by atoms with van der Waals surface area (Å²) in [5, 5.41) is 22.7. The first-order valence-corrected chi connectivity index (χ1v) is 19.0. The monoisotopic (exact) mass is 779 g/mol. The Balaban J connectivity index is 1.04. The van der Waals surface area contributed by atoms with Crippen LogP contribution in [0.4, 0.5) is 13.2 Å². The molecule has 1 aliphatic carbocycles. The molecule has 2 saturated heterocycles. The smallest absolute Gasteiger partial charge is 0.399 e. The van der Waals surface area contributed by atoms with Gasteiger partial charge >= 0.3 is 13.3 Å². The summed E-state index contributed by atoms with van der Waals surface area (Å²) in [6.45, 7) is 11.8. The van der Waals surface area contributed by atoms with Crippen LogP contribution in [-0.2, 0) is 49.8 Å². The van der Waals surface area contributed by atoms with Crippen molar-refractivity contribution in [1.82, 2.24) is 45.2 Å². The zero-order chi connectivity index (χ0) is 40.2. The zero-order valence-electron chi connectivity index (χ0n) is 32.8. The fourth-order valence-electron chi connectivity index (χ4n) is 7.19.